The summed E-state index contributed by atoms with van der Waals surface area (Å²) < 4.78 is 23.6. The van der Waals surface area contributed by atoms with Gasteiger partial charge < -0.3 is 23.8 Å². The molecule has 3 atom stereocenters. The van der Waals surface area contributed by atoms with Crippen LogP contribution in [0.2, 0.25) is 0 Å². The Labute approximate surface area is 224 Å². The van der Waals surface area contributed by atoms with E-state index in [-0.39, 0.29) is 6.61 Å². The third kappa shape index (κ3) is 6.09. The second-order valence-corrected chi connectivity index (χ2v) is 8.99. The Balaban J connectivity index is 1.73. The number of carbonyl (C=O) groups is 2. The van der Waals surface area contributed by atoms with Crippen molar-refractivity contribution in [2.24, 2.45) is 0 Å². The van der Waals surface area contributed by atoms with Crippen LogP contribution in [0.4, 0.5) is 16.2 Å². The summed E-state index contributed by atoms with van der Waals surface area (Å²) in [5.41, 5.74) is 3.40. The van der Waals surface area contributed by atoms with Crippen LogP contribution in [0.1, 0.15) is 44.7 Å². The fourth-order valence-corrected chi connectivity index (χ4v) is 4.51. The smallest absolute Gasteiger partial charge is 0.418 e. The molecule has 202 valence electrons. The molecule has 8 nitrogen and oxygen atoms in total. The van der Waals surface area contributed by atoms with Gasteiger partial charge in [-0.2, -0.15) is 0 Å². The van der Waals surface area contributed by atoms with Gasteiger partial charge in [-0.25, -0.2) is 14.5 Å². The summed E-state index contributed by atoms with van der Waals surface area (Å²) in [6.07, 6.45) is 6.03. The number of benzene rings is 2. The Hall–Kier alpha value is -3.62. The van der Waals surface area contributed by atoms with Crippen LogP contribution >= 0.6 is 0 Å². The maximum Gasteiger partial charge on any atom is 0.418 e. The molecule has 2 aromatic carbocycles. The summed E-state index contributed by atoms with van der Waals surface area (Å²) in [5, 5.41) is 0. The number of allylic oxidation sites excluding steroid dienone is 1. The number of anilines is 2. The van der Waals surface area contributed by atoms with Crippen molar-refractivity contribution in [1.29, 1.82) is 0 Å². The molecule has 4 rings (SSSR count). The molecule has 0 bridgehead atoms. The number of ether oxygens (including phenoxy) is 4. The van der Waals surface area contributed by atoms with Gasteiger partial charge in [-0.15, -0.1) is 0 Å². The molecule has 8 heteroatoms. The van der Waals surface area contributed by atoms with E-state index < -0.39 is 30.6 Å². The van der Waals surface area contributed by atoms with Crippen LogP contribution in [0, 0.1) is 0 Å². The lowest BCUT2D eigenvalue weighted by molar-refractivity contribution is -0.165. The molecule has 0 fully saturated rings. The average Bonchev–Trinajstić information content (AvgIpc) is 2.95. The van der Waals surface area contributed by atoms with Crippen LogP contribution in [-0.4, -0.2) is 50.4 Å². The first-order valence-electron chi connectivity index (χ1n) is 13.3. The molecule has 0 saturated heterocycles. The largest absolute Gasteiger partial charge is 0.464 e. The summed E-state index contributed by atoms with van der Waals surface area (Å²) in [6.45, 7) is 6.69. The molecule has 0 radical (unpaired) electrons. The second kappa shape index (κ2) is 13.3. The first-order valence-corrected chi connectivity index (χ1v) is 13.3. The molecule has 1 amide bonds. The number of hydrogen-bond acceptors (Lipinski definition) is 7. The minimum absolute atomic E-state index is 0.245. The standard InChI is InChI=1S/C30H36N2O6/c1-4-20-36-27(29(33)37-21-5-2)28(31-19-11-14-22-12-7-9-15-24(22)31)38-30(34)32-25-16-10-8-13-23(25)17-18-26(32)35-6-3/h7-13,15-19,26-28H,4-6,14,20-21H2,1-3H3. The Bertz CT molecular complexity index is 1160. The van der Waals surface area contributed by atoms with Crippen molar-refractivity contribution in [3.05, 3.63) is 78.0 Å². The highest BCUT2D eigenvalue weighted by Crippen LogP contribution is 2.33. The highest BCUT2D eigenvalue weighted by molar-refractivity contribution is 5.93. The summed E-state index contributed by atoms with van der Waals surface area (Å²) in [7, 11) is 0. The van der Waals surface area contributed by atoms with Gasteiger partial charge in [-0.3, -0.25) is 0 Å². The van der Waals surface area contributed by atoms with Gasteiger partial charge in [0.05, 0.1) is 12.3 Å². The van der Waals surface area contributed by atoms with Gasteiger partial charge in [0.15, 0.2) is 6.23 Å². The lowest BCUT2D eigenvalue weighted by Gasteiger charge is -2.39. The molecule has 0 N–H and O–H groups in total. The van der Waals surface area contributed by atoms with E-state index in [2.05, 4.69) is 0 Å². The molecule has 0 aliphatic carbocycles. The molecule has 0 aromatic heterocycles. The Morgan fingerprint density at radius 2 is 1.71 bits per heavy atom. The number of nitrogens with zero attached hydrogens (tertiary/aromatic N) is 2. The monoisotopic (exact) mass is 520 g/mol. The van der Waals surface area contributed by atoms with Gasteiger partial charge in [-0.05, 0) is 55.5 Å². The van der Waals surface area contributed by atoms with E-state index in [9.17, 15) is 9.59 Å². The molecule has 2 aliphatic heterocycles. The van der Waals surface area contributed by atoms with Crippen molar-refractivity contribution in [3.8, 4) is 0 Å². The van der Waals surface area contributed by atoms with E-state index in [1.165, 1.54) is 4.90 Å². The number of carbonyl (C=O) groups excluding carboxylic acids is 2. The van der Waals surface area contributed by atoms with Crippen LogP contribution in [0.15, 0.2) is 66.9 Å². The Morgan fingerprint density at radius 1 is 0.974 bits per heavy atom. The van der Waals surface area contributed by atoms with Gasteiger partial charge >= 0.3 is 12.1 Å². The fraction of sp³-hybridized carbons (Fsp3) is 0.400. The van der Waals surface area contributed by atoms with E-state index in [1.807, 2.05) is 93.7 Å². The predicted octanol–water partition coefficient (Wildman–Crippen LogP) is 5.67. The molecule has 0 spiro atoms. The average molecular weight is 521 g/mol. The maximum absolute atomic E-state index is 14.0. The molecule has 38 heavy (non-hydrogen) atoms. The SMILES string of the molecule is CCCOC(=O)C(OCCC)C(OC(=O)N1c2ccccc2C=CC1OCC)N1C=CCc2ccccc21. The molecule has 2 aliphatic rings. The van der Waals surface area contributed by atoms with Crippen molar-refractivity contribution in [2.75, 3.05) is 29.6 Å². The first-order chi connectivity index (χ1) is 18.6. The van der Waals surface area contributed by atoms with Gasteiger partial charge in [0, 0.05) is 25.1 Å². The summed E-state index contributed by atoms with van der Waals surface area (Å²) >= 11 is 0. The van der Waals surface area contributed by atoms with Crippen molar-refractivity contribution < 1.29 is 28.5 Å². The van der Waals surface area contributed by atoms with Gasteiger partial charge in [-0.1, -0.05) is 62.4 Å². The third-order valence-electron chi connectivity index (χ3n) is 6.24. The van der Waals surface area contributed by atoms with Crippen molar-refractivity contribution in [2.45, 2.75) is 58.6 Å². The lowest BCUT2D eigenvalue weighted by atomic mass is 10.0. The van der Waals surface area contributed by atoms with Crippen molar-refractivity contribution >= 4 is 29.5 Å². The zero-order chi connectivity index (χ0) is 26.9. The minimum Gasteiger partial charge on any atom is -0.464 e. The lowest BCUT2D eigenvalue weighted by Crippen LogP contribution is -2.53. The van der Waals surface area contributed by atoms with E-state index in [1.54, 1.807) is 4.90 Å². The molecule has 0 saturated carbocycles. The van der Waals surface area contributed by atoms with E-state index in [4.69, 9.17) is 18.9 Å². The van der Waals surface area contributed by atoms with E-state index in [0.717, 1.165) is 23.2 Å². The van der Waals surface area contributed by atoms with Gasteiger partial charge in [0.1, 0.15) is 0 Å². The number of rotatable bonds is 11. The normalized spacial score (nSPS) is 17.4. The van der Waals surface area contributed by atoms with Crippen LogP contribution in [0.3, 0.4) is 0 Å². The minimum atomic E-state index is -1.16. The van der Waals surface area contributed by atoms with Gasteiger partial charge in [0.25, 0.3) is 0 Å². The molecule has 3 unspecified atom stereocenters. The molecular formula is C30H36N2O6. The zero-order valence-electron chi connectivity index (χ0n) is 22.2. The Morgan fingerprint density at radius 3 is 2.47 bits per heavy atom. The third-order valence-corrected chi connectivity index (χ3v) is 6.24. The molecular weight excluding hydrogens is 484 g/mol. The highest BCUT2D eigenvalue weighted by atomic mass is 16.6. The number of hydrogen-bond donors (Lipinski definition) is 0. The van der Waals surface area contributed by atoms with Crippen molar-refractivity contribution in [3.63, 3.8) is 0 Å². The topological polar surface area (TPSA) is 77.5 Å². The quantitative estimate of drug-likeness (QED) is 0.353. The summed E-state index contributed by atoms with van der Waals surface area (Å²) in [6, 6.07) is 15.4. The second-order valence-electron chi connectivity index (χ2n) is 8.99. The molecule has 2 aromatic rings. The van der Waals surface area contributed by atoms with E-state index in [0.29, 0.717) is 31.7 Å². The molecule has 2 heterocycles. The maximum atomic E-state index is 14.0. The fourth-order valence-electron chi connectivity index (χ4n) is 4.51. The number of esters is 1. The predicted molar refractivity (Wildman–Crippen MR) is 147 cm³/mol. The Kier molecular flexibility index (Phi) is 9.56. The first kappa shape index (κ1) is 27.4. The number of amides is 1. The van der Waals surface area contributed by atoms with Crippen LogP contribution in [-0.2, 0) is 30.2 Å². The summed E-state index contributed by atoms with van der Waals surface area (Å²) in [4.78, 5) is 30.5. The van der Waals surface area contributed by atoms with E-state index >= 15 is 0 Å². The van der Waals surface area contributed by atoms with Crippen molar-refractivity contribution in [1.82, 2.24) is 0 Å². The zero-order valence-corrected chi connectivity index (χ0v) is 22.2. The van der Waals surface area contributed by atoms with Crippen LogP contribution in [0.5, 0.6) is 0 Å². The highest BCUT2D eigenvalue weighted by Gasteiger charge is 2.41. The van der Waals surface area contributed by atoms with Crippen LogP contribution in [0.25, 0.3) is 6.08 Å². The van der Waals surface area contributed by atoms with Gasteiger partial charge in [0.2, 0.25) is 12.3 Å². The van der Waals surface area contributed by atoms with Crippen LogP contribution < -0.4 is 9.80 Å². The number of fused-ring (bicyclic) bond motifs is 2. The number of para-hydroxylation sites is 2. The summed E-state index contributed by atoms with van der Waals surface area (Å²) in [5.74, 6) is -0.574.